The van der Waals surface area contributed by atoms with Crippen molar-refractivity contribution in [3.63, 3.8) is 0 Å². The van der Waals surface area contributed by atoms with Crippen molar-refractivity contribution < 1.29 is 9.53 Å². The highest BCUT2D eigenvalue weighted by Crippen LogP contribution is 2.29. The Morgan fingerprint density at radius 2 is 1.96 bits per heavy atom. The molecule has 0 radical (unpaired) electrons. The number of para-hydroxylation sites is 1. The maximum Gasteiger partial charge on any atom is 0.255 e. The quantitative estimate of drug-likeness (QED) is 0.861. The number of nitrogens with zero attached hydrogens (tertiary/aromatic N) is 2. The lowest BCUT2D eigenvalue weighted by Crippen LogP contribution is -2.36. The van der Waals surface area contributed by atoms with Gasteiger partial charge in [0.25, 0.3) is 5.91 Å². The monoisotopic (exact) mass is 336 g/mol. The topological polar surface area (TPSA) is 42.4 Å². The third-order valence-electron chi connectivity index (χ3n) is 5.20. The third-order valence-corrected chi connectivity index (χ3v) is 5.20. The van der Waals surface area contributed by atoms with Gasteiger partial charge in [0, 0.05) is 25.2 Å². The summed E-state index contributed by atoms with van der Waals surface area (Å²) in [6.07, 6.45) is 6.99. The van der Waals surface area contributed by atoms with Crippen LogP contribution in [0.5, 0.6) is 5.75 Å². The molecular weight excluding hydrogens is 312 g/mol. The van der Waals surface area contributed by atoms with Crippen LogP contribution in [-0.4, -0.2) is 35.5 Å². The highest BCUT2D eigenvalue weighted by atomic mass is 16.5. The Morgan fingerprint density at radius 1 is 1.12 bits per heavy atom. The number of rotatable bonds is 3. The molecule has 1 aromatic heterocycles. The van der Waals surface area contributed by atoms with Gasteiger partial charge in [-0.15, -0.1) is 0 Å². The number of benzene rings is 1. The molecule has 1 atom stereocenters. The highest BCUT2D eigenvalue weighted by molar-refractivity contribution is 5.95. The molecule has 4 rings (SSSR count). The van der Waals surface area contributed by atoms with Gasteiger partial charge in [-0.2, -0.15) is 0 Å². The first-order valence-electron chi connectivity index (χ1n) is 9.25. The van der Waals surface area contributed by atoms with Gasteiger partial charge in [-0.3, -0.25) is 9.78 Å². The van der Waals surface area contributed by atoms with Gasteiger partial charge >= 0.3 is 0 Å². The van der Waals surface area contributed by atoms with Gasteiger partial charge in [-0.1, -0.05) is 18.2 Å². The molecule has 1 saturated heterocycles. The van der Waals surface area contributed by atoms with Gasteiger partial charge < -0.3 is 9.64 Å². The predicted molar refractivity (Wildman–Crippen MR) is 96.8 cm³/mol. The van der Waals surface area contributed by atoms with Gasteiger partial charge in [0.1, 0.15) is 5.75 Å². The number of carbonyl (C=O) groups excluding carboxylic acids is 1. The zero-order valence-corrected chi connectivity index (χ0v) is 14.5. The van der Waals surface area contributed by atoms with E-state index in [4.69, 9.17) is 4.74 Å². The summed E-state index contributed by atoms with van der Waals surface area (Å²) in [7, 11) is 0. The van der Waals surface area contributed by atoms with Crippen LogP contribution in [0.2, 0.25) is 0 Å². The zero-order chi connectivity index (χ0) is 17.1. The van der Waals surface area contributed by atoms with Crippen LogP contribution in [0.1, 0.15) is 40.9 Å². The molecule has 1 fully saturated rings. The van der Waals surface area contributed by atoms with Crippen molar-refractivity contribution in [2.45, 2.75) is 32.1 Å². The molecule has 0 saturated carbocycles. The number of carbonyl (C=O) groups is 1. The summed E-state index contributed by atoms with van der Waals surface area (Å²) in [6.45, 7) is 2.42. The maximum absolute atomic E-state index is 12.9. The second-order valence-corrected chi connectivity index (χ2v) is 7.04. The summed E-state index contributed by atoms with van der Waals surface area (Å²) in [4.78, 5) is 19.4. The molecule has 2 aliphatic heterocycles. The molecule has 0 unspecified atom stereocenters. The minimum Gasteiger partial charge on any atom is -0.493 e. The van der Waals surface area contributed by atoms with Crippen LogP contribution in [-0.2, 0) is 12.8 Å². The van der Waals surface area contributed by atoms with Crippen LogP contribution in [0.4, 0.5) is 0 Å². The third kappa shape index (κ3) is 3.53. The van der Waals surface area contributed by atoms with E-state index in [-0.39, 0.29) is 5.91 Å². The van der Waals surface area contributed by atoms with Crippen molar-refractivity contribution in [3.8, 4) is 5.75 Å². The normalized spacial score (nSPS) is 19.8. The SMILES string of the molecule is O=C(c1cccnc1C[C@H]1COc2ccccc2C1)N1CCCCC1. The van der Waals surface area contributed by atoms with E-state index in [1.54, 1.807) is 6.20 Å². The maximum atomic E-state index is 12.9. The Morgan fingerprint density at radius 3 is 2.84 bits per heavy atom. The first kappa shape index (κ1) is 16.1. The van der Waals surface area contributed by atoms with E-state index in [2.05, 4.69) is 17.1 Å². The zero-order valence-electron chi connectivity index (χ0n) is 14.5. The fourth-order valence-electron chi connectivity index (χ4n) is 3.86. The van der Waals surface area contributed by atoms with E-state index < -0.39 is 0 Å². The molecule has 2 aliphatic rings. The van der Waals surface area contributed by atoms with Gasteiger partial charge in [-0.25, -0.2) is 0 Å². The molecule has 3 heterocycles. The van der Waals surface area contributed by atoms with Gasteiger partial charge in [0.05, 0.1) is 17.9 Å². The summed E-state index contributed by atoms with van der Waals surface area (Å²) in [5, 5.41) is 0. The van der Waals surface area contributed by atoms with Crippen molar-refractivity contribution in [1.82, 2.24) is 9.88 Å². The summed E-state index contributed by atoms with van der Waals surface area (Å²) >= 11 is 0. The molecule has 25 heavy (non-hydrogen) atoms. The Hall–Kier alpha value is -2.36. The van der Waals surface area contributed by atoms with Crippen LogP contribution < -0.4 is 4.74 Å². The van der Waals surface area contributed by atoms with Crippen molar-refractivity contribution in [1.29, 1.82) is 0 Å². The van der Waals surface area contributed by atoms with Crippen LogP contribution >= 0.6 is 0 Å². The standard InChI is InChI=1S/C21H24N2O2/c24-21(23-11-4-1-5-12-23)18-8-6-10-22-19(18)14-16-13-17-7-2-3-9-20(17)25-15-16/h2-3,6-10,16H,1,4-5,11-15H2/t16-/m0/s1. The molecule has 0 bridgehead atoms. The van der Waals surface area contributed by atoms with Crippen molar-refractivity contribution in [2.24, 2.45) is 5.92 Å². The summed E-state index contributed by atoms with van der Waals surface area (Å²) in [5.41, 5.74) is 2.92. The van der Waals surface area contributed by atoms with Crippen molar-refractivity contribution in [3.05, 3.63) is 59.4 Å². The molecule has 1 amide bonds. The van der Waals surface area contributed by atoms with Crippen LogP contribution in [0.3, 0.4) is 0 Å². The lowest BCUT2D eigenvalue weighted by Gasteiger charge is -2.28. The van der Waals surface area contributed by atoms with E-state index in [0.29, 0.717) is 12.5 Å². The van der Waals surface area contributed by atoms with E-state index in [1.807, 2.05) is 29.2 Å². The summed E-state index contributed by atoms with van der Waals surface area (Å²) in [6, 6.07) is 12.0. The number of fused-ring (bicyclic) bond motifs is 1. The van der Waals surface area contributed by atoms with Crippen molar-refractivity contribution in [2.75, 3.05) is 19.7 Å². The number of hydrogen-bond donors (Lipinski definition) is 0. The van der Waals surface area contributed by atoms with E-state index >= 15 is 0 Å². The number of aromatic nitrogens is 1. The Balaban J connectivity index is 1.51. The Bertz CT molecular complexity index is 753. The first-order valence-corrected chi connectivity index (χ1v) is 9.25. The smallest absolute Gasteiger partial charge is 0.255 e. The van der Waals surface area contributed by atoms with Gasteiger partial charge in [-0.05, 0) is 55.9 Å². The first-order chi connectivity index (χ1) is 12.3. The molecule has 2 aromatic rings. The molecule has 4 nitrogen and oxygen atoms in total. The number of hydrogen-bond acceptors (Lipinski definition) is 3. The molecule has 0 spiro atoms. The average Bonchev–Trinajstić information content (AvgIpc) is 2.68. The lowest BCUT2D eigenvalue weighted by atomic mass is 9.91. The van der Waals surface area contributed by atoms with Crippen LogP contribution in [0, 0.1) is 5.92 Å². The minimum atomic E-state index is 0.139. The molecule has 0 N–H and O–H groups in total. The average molecular weight is 336 g/mol. The number of piperidine rings is 1. The van der Waals surface area contributed by atoms with E-state index in [1.165, 1.54) is 12.0 Å². The number of ether oxygens (including phenoxy) is 1. The largest absolute Gasteiger partial charge is 0.493 e. The fraction of sp³-hybridized carbons (Fsp3) is 0.429. The lowest BCUT2D eigenvalue weighted by molar-refractivity contribution is 0.0722. The molecule has 4 heteroatoms. The second kappa shape index (κ2) is 7.26. The van der Waals surface area contributed by atoms with Crippen LogP contribution in [0.25, 0.3) is 0 Å². The molecule has 0 aliphatic carbocycles. The number of pyridine rings is 1. The number of likely N-dealkylation sites (tertiary alicyclic amines) is 1. The van der Waals surface area contributed by atoms with Crippen LogP contribution in [0.15, 0.2) is 42.6 Å². The van der Waals surface area contributed by atoms with Gasteiger partial charge in [0.15, 0.2) is 0 Å². The fourth-order valence-corrected chi connectivity index (χ4v) is 3.86. The van der Waals surface area contributed by atoms with E-state index in [0.717, 1.165) is 55.8 Å². The Kier molecular flexibility index (Phi) is 4.68. The van der Waals surface area contributed by atoms with Crippen molar-refractivity contribution >= 4 is 5.91 Å². The summed E-state index contributed by atoms with van der Waals surface area (Å²) < 4.78 is 5.90. The second-order valence-electron chi connectivity index (χ2n) is 7.04. The number of amides is 1. The molecular formula is C21H24N2O2. The van der Waals surface area contributed by atoms with E-state index in [9.17, 15) is 4.79 Å². The Labute approximate surface area is 148 Å². The van der Waals surface area contributed by atoms with Gasteiger partial charge in [0.2, 0.25) is 0 Å². The highest BCUT2D eigenvalue weighted by Gasteiger charge is 2.25. The summed E-state index contributed by atoms with van der Waals surface area (Å²) in [5.74, 6) is 1.49. The molecule has 130 valence electrons. The predicted octanol–water partition coefficient (Wildman–Crippen LogP) is 3.50. The minimum absolute atomic E-state index is 0.139. The molecule has 1 aromatic carbocycles.